The third-order valence-corrected chi connectivity index (χ3v) is 4.64. The Bertz CT molecular complexity index is 660. The van der Waals surface area contributed by atoms with E-state index in [9.17, 15) is 5.26 Å². The van der Waals surface area contributed by atoms with Crippen molar-refractivity contribution in [3.05, 3.63) is 22.0 Å². The average molecular weight is 287 g/mol. The standard InChI is InChI=1S/C14H17N5S/c1-14(2,3)12-10(8-15)17-18-19(12)13-16-9-6-4-5-7-11(9)20-13/h4-7H2,1-3H3. The number of hydrogen-bond donors (Lipinski definition) is 0. The van der Waals surface area contributed by atoms with E-state index in [0.29, 0.717) is 5.69 Å². The van der Waals surface area contributed by atoms with Gasteiger partial charge in [0.25, 0.3) is 0 Å². The SMILES string of the molecule is CC(C)(C)c1c(C#N)nnn1-c1nc2c(s1)CCCC2. The lowest BCUT2D eigenvalue weighted by atomic mass is 9.90. The minimum atomic E-state index is -0.194. The molecule has 0 spiro atoms. The van der Waals surface area contributed by atoms with Gasteiger partial charge in [-0.05, 0) is 25.7 Å². The first kappa shape index (κ1) is 13.3. The number of aryl methyl sites for hydroxylation is 2. The third-order valence-electron chi connectivity index (χ3n) is 3.50. The van der Waals surface area contributed by atoms with E-state index in [-0.39, 0.29) is 5.41 Å². The van der Waals surface area contributed by atoms with Gasteiger partial charge in [-0.25, -0.2) is 4.98 Å². The molecule has 6 heteroatoms. The lowest BCUT2D eigenvalue weighted by Crippen LogP contribution is -2.19. The summed E-state index contributed by atoms with van der Waals surface area (Å²) in [6.07, 6.45) is 4.61. The minimum Gasteiger partial charge on any atom is -0.223 e. The molecule has 0 unspecified atom stereocenters. The number of nitriles is 1. The molecule has 0 radical (unpaired) electrons. The smallest absolute Gasteiger partial charge is 0.212 e. The molecular weight excluding hydrogens is 270 g/mol. The maximum absolute atomic E-state index is 9.22. The molecule has 1 aliphatic rings. The van der Waals surface area contributed by atoms with E-state index >= 15 is 0 Å². The molecule has 2 aromatic rings. The first-order valence-corrected chi connectivity index (χ1v) is 7.67. The molecule has 0 saturated carbocycles. The van der Waals surface area contributed by atoms with Gasteiger partial charge >= 0.3 is 0 Å². The summed E-state index contributed by atoms with van der Waals surface area (Å²) in [5, 5.41) is 18.2. The predicted molar refractivity (Wildman–Crippen MR) is 77.1 cm³/mol. The Kier molecular flexibility index (Phi) is 3.09. The van der Waals surface area contributed by atoms with Gasteiger partial charge in [0.05, 0.1) is 11.4 Å². The second-order valence-electron chi connectivity index (χ2n) is 6.13. The molecule has 20 heavy (non-hydrogen) atoms. The van der Waals surface area contributed by atoms with Crippen LogP contribution in [0.25, 0.3) is 5.13 Å². The molecule has 0 bridgehead atoms. The first-order valence-electron chi connectivity index (χ1n) is 6.86. The van der Waals surface area contributed by atoms with E-state index in [0.717, 1.165) is 23.7 Å². The number of rotatable bonds is 1. The van der Waals surface area contributed by atoms with E-state index in [1.807, 2.05) is 0 Å². The Morgan fingerprint density at radius 2 is 2.00 bits per heavy atom. The van der Waals surface area contributed by atoms with Crippen LogP contribution in [-0.4, -0.2) is 20.0 Å². The van der Waals surface area contributed by atoms with Crippen molar-refractivity contribution in [1.29, 1.82) is 5.26 Å². The molecule has 0 aromatic carbocycles. The number of aromatic nitrogens is 4. The number of thiazole rings is 1. The highest BCUT2D eigenvalue weighted by Crippen LogP contribution is 2.32. The quantitative estimate of drug-likeness (QED) is 0.809. The Labute approximate surface area is 122 Å². The summed E-state index contributed by atoms with van der Waals surface area (Å²) in [6.45, 7) is 6.20. The second kappa shape index (κ2) is 4.67. The molecule has 1 aliphatic carbocycles. The van der Waals surface area contributed by atoms with Crippen molar-refractivity contribution < 1.29 is 0 Å². The van der Waals surface area contributed by atoms with Crippen LogP contribution < -0.4 is 0 Å². The van der Waals surface area contributed by atoms with Crippen molar-refractivity contribution >= 4 is 11.3 Å². The molecule has 0 saturated heterocycles. The van der Waals surface area contributed by atoms with Crippen molar-refractivity contribution in [2.24, 2.45) is 0 Å². The fourth-order valence-corrected chi connectivity index (χ4v) is 3.70. The summed E-state index contributed by atoms with van der Waals surface area (Å²) >= 11 is 1.68. The average Bonchev–Trinajstić information content (AvgIpc) is 3.01. The molecule has 0 aliphatic heterocycles. The zero-order valence-electron chi connectivity index (χ0n) is 12.0. The molecule has 0 amide bonds. The van der Waals surface area contributed by atoms with E-state index in [4.69, 9.17) is 4.98 Å². The molecule has 0 atom stereocenters. The van der Waals surface area contributed by atoms with Crippen LogP contribution in [0.2, 0.25) is 0 Å². The van der Waals surface area contributed by atoms with Crippen molar-refractivity contribution in [1.82, 2.24) is 20.0 Å². The Morgan fingerprint density at radius 1 is 1.25 bits per heavy atom. The van der Waals surface area contributed by atoms with Crippen molar-refractivity contribution in [2.75, 3.05) is 0 Å². The Balaban J connectivity index is 2.13. The fraction of sp³-hybridized carbons (Fsp3) is 0.571. The van der Waals surface area contributed by atoms with E-state index < -0.39 is 0 Å². The summed E-state index contributed by atoms with van der Waals surface area (Å²) in [7, 11) is 0. The van der Waals surface area contributed by atoms with Crippen LogP contribution in [0.3, 0.4) is 0 Å². The first-order chi connectivity index (χ1) is 9.50. The third kappa shape index (κ3) is 2.12. The van der Waals surface area contributed by atoms with Crippen molar-refractivity contribution in [2.45, 2.75) is 51.9 Å². The molecule has 2 aromatic heterocycles. The molecule has 0 N–H and O–H groups in total. The summed E-state index contributed by atoms with van der Waals surface area (Å²) in [6, 6.07) is 2.14. The largest absolute Gasteiger partial charge is 0.223 e. The zero-order chi connectivity index (χ0) is 14.3. The van der Waals surface area contributed by atoms with E-state index in [2.05, 4.69) is 37.2 Å². The van der Waals surface area contributed by atoms with Gasteiger partial charge < -0.3 is 0 Å². The molecule has 0 fully saturated rings. The monoisotopic (exact) mass is 287 g/mol. The van der Waals surface area contributed by atoms with Crippen LogP contribution in [0.4, 0.5) is 0 Å². The molecule has 2 heterocycles. The molecular formula is C14H17N5S. The van der Waals surface area contributed by atoms with Crippen LogP contribution >= 0.6 is 11.3 Å². The van der Waals surface area contributed by atoms with Gasteiger partial charge in [0.15, 0.2) is 5.69 Å². The lowest BCUT2D eigenvalue weighted by molar-refractivity contribution is 0.540. The highest BCUT2D eigenvalue weighted by molar-refractivity contribution is 7.14. The van der Waals surface area contributed by atoms with Gasteiger partial charge in [-0.15, -0.1) is 5.10 Å². The van der Waals surface area contributed by atoms with Gasteiger partial charge in [-0.3, -0.25) is 0 Å². The van der Waals surface area contributed by atoms with Crippen LogP contribution in [0.15, 0.2) is 0 Å². The summed E-state index contributed by atoms with van der Waals surface area (Å²) in [4.78, 5) is 6.07. The molecule has 104 valence electrons. The number of nitrogens with zero attached hydrogens (tertiary/aromatic N) is 5. The molecule has 5 nitrogen and oxygen atoms in total. The normalized spacial score (nSPS) is 14.9. The lowest BCUT2D eigenvalue weighted by Gasteiger charge is -2.18. The van der Waals surface area contributed by atoms with E-state index in [1.165, 1.54) is 23.4 Å². The van der Waals surface area contributed by atoms with Crippen molar-refractivity contribution in [3.63, 3.8) is 0 Å². The van der Waals surface area contributed by atoms with Crippen LogP contribution in [0.5, 0.6) is 0 Å². The maximum Gasteiger partial charge on any atom is 0.212 e. The zero-order valence-corrected chi connectivity index (χ0v) is 12.8. The van der Waals surface area contributed by atoms with Gasteiger partial charge in [-0.2, -0.15) is 9.94 Å². The van der Waals surface area contributed by atoms with Gasteiger partial charge in [0, 0.05) is 10.3 Å². The maximum atomic E-state index is 9.22. The van der Waals surface area contributed by atoms with Crippen molar-refractivity contribution in [3.8, 4) is 11.2 Å². The summed E-state index contributed by atoms with van der Waals surface area (Å²) in [5.41, 5.74) is 2.24. The van der Waals surface area contributed by atoms with Gasteiger partial charge in [0.2, 0.25) is 5.13 Å². The molecule has 3 rings (SSSR count). The van der Waals surface area contributed by atoms with Crippen LogP contribution in [-0.2, 0) is 18.3 Å². The fourth-order valence-electron chi connectivity index (χ4n) is 2.59. The van der Waals surface area contributed by atoms with Gasteiger partial charge in [0.1, 0.15) is 6.07 Å². The van der Waals surface area contributed by atoms with E-state index in [1.54, 1.807) is 16.0 Å². The second-order valence-corrected chi connectivity index (χ2v) is 7.20. The number of fused-ring (bicyclic) bond motifs is 1. The highest BCUT2D eigenvalue weighted by atomic mass is 32.1. The predicted octanol–water partition coefficient (Wildman–Crippen LogP) is 2.77. The number of hydrogen-bond acceptors (Lipinski definition) is 5. The van der Waals surface area contributed by atoms with Crippen LogP contribution in [0, 0.1) is 11.3 Å². The minimum absolute atomic E-state index is 0.194. The topological polar surface area (TPSA) is 67.4 Å². The Hall–Kier alpha value is -1.74. The Morgan fingerprint density at radius 3 is 2.65 bits per heavy atom. The summed E-state index contributed by atoms with van der Waals surface area (Å²) < 4.78 is 1.75. The van der Waals surface area contributed by atoms with Crippen LogP contribution in [0.1, 0.15) is 55.6 Å². The highest BCUT2D eigenvalue weighted by Gasteiger charge is 2.28. The summed E-state index contributed by atoms with van der Waals surface area (Å²) in [5.74, 6) is 0. The van der Waals surface area contributed by atoms with Gasteiger partial charge in [-0.1, -0.05) is 37.3 Å².